The van der Waals surface area contributed by atoms with Crippen LogP contribution < -0.4 is 5.56 Å². The Morgan fingerprint density at radius 1 is 1.10 bits per heavy atom. The summed E-state index contributed by atoms with van der Waals surface area (Å²) in [5, 5.41) is 3.57. The van der Waals surface area contributed by atoms with E-state index in [0.717, 1.165) is 10.8 Å². The summed E-state index contributed by atoms with van der Waals surface area (Å²) in [5.41, 5.74) is 0.979. The first kappa shape index (κ1) is 20.6. The van der Waals surface area contributed by atoms with Gasteiger partial charge in [-0.3, -0.25) is 14.2 Å². The van der Waals surface area contributed by atoms with E-state index in [4.69, 9.17) is 16.3 Å². The van der Waals surface area contributed by atoms with Crippen LogP contribution in [0.1, 0.15) is 10.4 Å². The molecule has 0 atom stereocenters. The van der Waals surface area contributed by atoms with Crippen LogP contribution in [0.2, 0.25) is 5.02 Å². The molecule has 0 saturated heterocycles. The molecule has 152 valence electrons. The Hall–Kier alpha value is -2.67. The summed E-state index contributed by atoms with van der Waals surface area (Å²) in [4.78, 5) is 30.4. The first-order chi connectivity index (χ1) is 14.6. The van der Waals surface area contributed by atoms with Crippen molar-refractivity contribution in [2.75, 3.05) is 19.5 Å². The SMILES string of the molecule is COCCn1c(SCC(=O)c2ccc3ccccc3c2)nc2cc(Cl)ccc2c1=O. The molecular formula is C23H19ClN2O3S. The molecule has 1 heterocycles. The van der Waals surface area contributed by atoms with Crippen LogP contribution in [0.4, 0.5) is 0 Å². The first-order valence-corrected chi connectivity index (χ1v) is 10.8. The zero-order valence-electron chi connectivity index (χ0n) is 16.3. The van der Waals surface area contributed by atoms with Gasteiger partial charge in [-0.15, -0.1) is 0 Å². The van der Waals surface area contributed by atoms with Crippen LogP contribution in [0.5, 0.6) is 0 Å². The molecule has 5 nitrogen and oxygen atoms in total. The van der Waals surface area contributed by atoms with Gasteiger partial charge in [-0.2, -0.15) is 0 Å². The zero-order valence-corrected chi connectivity index (χ0v) is 17.9. The fraction of sp³-hybridized carbons (Fsp3) is 0.174. The maximum Gasteiger partial charge on any atom is 0.262 e. The van der Waals surface area contributed by atoms with E-state index in [1.807, 2.05) is 42.5 Å². The molecule has 0 aliphatic heterocycles. The Balaban J connectivity index is 1.64. The summed E-state index contributed by atoms with van der Waals surface area (Å²) >= 11 is 7.32. The Morgan fingerprint density at radius 2 is 1.90 bits per heavy atom. The van der Waals surface area contributed by atoms with Crippen LogP contribution in [-0.4, -0.2) is 34.8 Å². The molecule has 0 amide bonds. The van der Waals surface area contributed by atoms with E-state index in [2.05, 4.69) is 4.98 Å². The second kappa shape index (κ2) is 9.00. The van der Waals surface area contributed by atoms with Gasteiger partial charge in [0.05, 0.1) is 29.8 Å². The molecule has 0 saturated carbocycles. The average Bonchev–Trinajstić information content (AvgIpc) is 2.76. The first-order valence-electron chi connectivity index (χ1n) is 9.40. The molecule has 4 aromatic rings. The fourth-order valence-corrected chi connectivity index (χ4v) is 4.33. The molecule has 0 spiro atoms. The topological polar surface area (TPSA) is 61.2 Å². The van der Waals surface area contributed by atoms with Crippen molar-refractivity contribution in [3.05, 3.63) is 81.6 Å². The summed E-state index contributed by atoms with van der Waals surface area (Å²) < 4.78 is 6.69. The van der Waals surface area contributed by atoms with Crippen molar-refractivity contribution < 1.29 is 9.53 Å². The number of nitrogens with zero attached hydrogens (tertiary/aromatic N) is 2. The van der Waals surface area contributed by atoms with Crippen LogP contribution in [0, 0.1) is 0 Å². The van der Waals surface area contributed by atoms with Gasteiger partial charge in [-0.05, 0) is 35.0 Å². The molecule has 0 bridgehead atoms. The van der Waals surface area contributed by atoms with E-state index in [-0.39, 0.29) is 17.1 Å². The smallest absolute Gasteiger partial charge is 0.262 e. The molecule has 0 unspecified atom stereocenters. The standard InChI is InChI=1S/C23H19ClN2O3S/c1-29-11-10-26-22(28)19-9-8-18(24)13-20(19)25-23(26)30-14-21(27)17-7-6-15-4-2-3-5-16(15)12-17/h2-9,12-13H,10-11,14H2,1H3. The Morgan fingerprint density at radius 3 is 2.70 bits per heavy atom. The maximum atomic E-state index is 13.0. The van der Waals surface area contributed by atoms with E-state index in [1.165, 1.54) is 11.8 Å². The number of carbonyl (C=O) groups excluding carboxylic acids is 1. The number of carbonyl (C=O) groups is 1. The van der Waals surface area contributed by atoms with Crippen molar-refractivity contribution in [1.82, 2.24) is 9.55 Å². The van der Waals surface area contributed by atoms with Crippen molar-refractivity contribution in [2.45, 2.75) is 11.7 Å². The number of thioether (sulfide) groups is 1. The zero-order chi connectivity index (χ0) is 21.1. The molecule has 0 N–H and O–H groups in total. The van der Waals surface area contributed by atoms with Crippen LogP contribution in [0.25, 0.3) is 21.7 Å². The highest BCUT2D eigenvalue weighted by atomic mass is 35.5. The summed E-state index contributed by atoms with van der Waals surface area (Å²) in [6, 6.07) is 18.6. The minimum Gasteiger partial charge on any atom is -0.383 e. The summed E-state index contributed by atoms with van der Waals surface area (Å²) in [5.74, 6) is 0.147. The average molecular weight is 439 g/mol. The third-order valence-corrected chi connectivity index (χ3v) is 6.02. The number of hydrogen-bond acceptors (Lipinski definition) is 5. The molecule has 7 heteroatoms. The van der Waals surface area contributed by atoms with E-state index < -0.39 is 0 Å². The van der Waals surface area contributed by atoms with Gasteiger partial charge in [0.1, 0.15) is 0 Å². The lowest BCUT2D eigenvalue weighted by Crippen LogP contribution is -2.25. The van der Waals surface area contributed by atoms with Gasteiger partial charge >= 0.3 is 0 Å². The van der Waals surface area contributed by atoms with Crippen LogP contribution in [0.15, 0.2) is 70.6 Å². The lowest BCUT2D eigenvalue weighted by Gasteiger charge is -2.13. The number of fused-ring (bicyclic) bond motifs is 2. The van der Waals surface area contributed by atoms with Crippen molar-refractivity contribution in [1.29, 1.82) is 0 Å². The van der Waals surface area contributed by atoms with Gasteiger partial charge in [0.25, 0.3) is 5.56 Å². The van der Waals surface area contributed by atoms with Crippen LogP contribution in [0.3, 0.4) is 0 Å². The fourth-order valence-electron chi connectivity index (χ4n) is 3.24. The minimum absolute atomic E-state index is 0.0236. The second-order valence-corrected chi connectivity index (χ2v) is 8.16. The van der Waals surface area contributed by atoms with Gasteiger partial charge in [0, 0.05) is 17.7 Å². The van der Waals surface area contributed by atoms with E-state index >= 15 is 0 Å². The number of methoxy groups -OCH3 is 1. The van der Waals surface area contributed by atoms with E-state index in [1.54, 1.807) is 29.9 Å². The molecule has 0 aliphatic rings. The predicted molar refractivity (Wildman–Crippen MR) is 122 cm³/mol. The predicted octanol–water partition coefficient (Wildman–Crippen LogP) is 4.82. The molecule has 3 aromatic carbocycles. The van der Waals surface area contributed by atoms with Crippen molar-refractivity contribution in [3.8, 4) is 0 Å². The Bertz CT molecular complexity index is 1300. The highest BCUT2D eigenvalue weighted by Crippen LogP contribution is 2.22. The lowest BCUT2D eigenvalue weighted by atomic mass is 10.1. The quantitative estimate of drug-likeness (QED) is 0.235. The largest absolute Gasteiger partial charge is 0.383 e. The molecule has 0 radical (unpaired) electrons. The number of aromatic nitrogens is 2. The number of Topliss-reactive ketones (excluding diaryl/α,β-unsaturated/α-hetero) is 1. The van der Waals surface area contributed by atoms with Gasteiger partial charge < -0.3 is 4.74 Å². The van der Waals surface area contributed by atoms with Gasteiger partial charge in [-0.1, -0.05) is 59.8 Å². The number of ether oxygens (including phenoxy) is 1. The van der Waals surface area contributed by atoms with E-state index in [0.29, 0.717) is 39.8 Å². The highest BCUT2D eigenvalue weighted by molar-refractivity contribution is 7.99. The number of ketones is 1. The van der Waals surface area contributed by atoms with Crippen LogP contribution >= 0.6 is 23.4 Å². The molecule has 4 rings (SSSR count). The van der Waals surface area contributed by atoms with E-state index in [9.17, 15) is 9.59 Å². The number of benzene rings is 3. The lowest BCUT2D eigenvalue weighted by molar-refractivity contribution is 0.102. The number of halogens is 1. The molecular weight excluding hydrogens is 420 g/mol. The third-order valence-electron chi connectivity index (χ3n) is 4.81. The van der Waals surface area contributed by atoms with Gasteiger partial charge in [0.15, 0.2) is 10.9 Å². The monoisotopic (exact) mass is 438 g/mol. The Kier molecular flexibility index (Phi) is 6.18. The van der Waals surface area contributed by atoms with Gasteiger partial charge in [0.2, 0.25) is 0 Å². The van der Waals surface area contributed by atoms with Crippen molar-refractivity contribution >= 4 is 50.8 Å². The van der Waals surface area contributed by atoms with Gasteiger partial charge in [-0.25, -0.2) is 4.98 Å². The molecule has 0 aliphatic carbocycles. The van der Waals surface area contributed by atoms with Crippen molar-refractivity contribution in [2.24, 2.45) is 0 Å². The van der Waals surface area contributed by atoms with Crippen LogP contribution in [-0.2, 0) is 11.3 Å². The van der Waals surface area contributed by atoms with Crippen molar-refractivity contribution in [3.63, 3.8) is 0 Å². The summed E-state index contributed by atoms with van der Waals surface area (Å²) in [6.07, 6.45) is 0. The normalized spacial score (nSPS) is 11.3. The maximum absolute atomic E-state index is 13.0. The minimum atomic E-state index is -0.172. The Labute approximate surface area is 182 Å². The molecule has 0 fully saturated rings. The molecule has 1 aromatic heterocycles. The summed E-state index contributed by atoms with van der Waals surface area (Å²) in [6.45, 7) is 0.722. The number of hydrogen-bond donors (Lipinski definition) is 0. The third kappa shape index (κ3) is 4.26. The summed E-state index contributed by atoms with van der Waals surface area (Å²) in [7, 11) is 1.58. The molecule has 30 heavy (non-hydrogen) atoms. The number of rotatable bonds is 7. The second-order valence-electron chi connectivity index (χ2n) is 6.78. The highest BCUT2D eigenvalue weighted by Gasteiger charge is 2.15.